The fraction of sp³-hybridized carbons (Fsp3) is 0.417. The summed E-state index contributed by atoms with van der Waals surface area (Å²) in [6.45, 7) is 6.51. The number of aromatic nitrogens is 2. The third-order valence-electron chi connectivity index (χ3n) is 6.44. The van der Waals surface area contributed by atoms with E-state index in [4.69, 9.17) is 9.72 Å². The number of hydrogen-bond donors (Lipinski definition) is 1. The van der Waals surface area contributed by atoms with Crippen molar-refractivity contribution >= 4 is 16.9 Å². The summed E-state index contributed by atoms with van der Waals surface area (Å²) in [6.07, 6.45) is 3.49. The number of rotatable bonds is 4. The number of imidazole rings is 1. The van der Waals surface area contributed by atoms with Crippen LogP contribution in [0.4, 0.5) is 0 Å². The quantitative estimate of drug-likeness (QED) is 0.688. The van der Waals surface area contributed by atoms with Crippen LogP contribution < -0.4 is 10.1 Å². The van der Waals surface area contributed by atoms with Gasteiger partial charge in [0.05, 0.1) is 18.1 Å². The van der Waals surface area contributed by atoms with Crippen LogP contribution in [0.25, 0.3) is 16.7 Å². The van der Waals surface area contributed by atoms with Crippen LogP contribution in [-0.4, -0.2) is 28.6 Å². The number of amides is 1. The Kier molecular flexibility index (Phi) is 5.31. The van der Waals surface area contributed by atoms with E-state index in [9.17, 15) is 4.79 Å². The van der Waals surface area contributed by atoms with Gasteiger partial charge in [-0.15, -0.1) is 0 Å². The van der Waals surface area contributed by atoms with Crippen LogP contribution in [0.1, 0.15) is 49.3 Å². The van der Waals surface area contributed by atoms with Gasteiger partial charge in [-0.1, -0.05) is 26.7 Å². The van der Waals surface area contributed by atoms with E-state index < -0.39 is 0 Å². The van der Waals surface area contributed by atoms with Crippen molar-refractivity contribution in [1.29, 1.82) is 0 Å². The molecule has 0 unspecified atom stereocenters. The molecule has 152 valence electrons. The first kappa shape index (κ1) is 19.5. The average Bonchev–Trinajstić information content (AvgIpc) is 3.06. The molecule has 3 aromatic rings. The van der Waals surface area contributed by atoms with Crippen LogP contribution in [0.2, 0.25) is 0 Å². The first-order valence-electron chi connectivity index (χ1n) is 10.4. The minimum Gasteiger partial charge on any atom is -0.497 e. The molecule has 1 saturated carbocycles. The highest BCUT2D eigenvalue weighted by molar-refractivity contribution is 5.97. The summed E-state index contributed by atoms with van der Waals surface area (Å²) in [6, 6.07) is 13.9. The number of methoxy groups -OCH3 is 1. The lowest BCUT2D eigenvalue weighted by molar-refractivity contribution is 0.0891. The zero-order valence-corrected chi connectivity index (χ0v) is 17.6. The number of carbonyl (C=O) groups is 1. The van der Waals surface area contributed by atoms with E-state index in [0.717, 1.165) is 34.7 Å². The molecule has 0 aliphatic heterocycles. The summed E-state index contributed by atoms with van der Waals surface area (Å²) in [7, 11) is 1.66. The number of carbonyl (C=O) groups excluding carboxylic acids is 1. The summed E-state index contributed by atoms with van der Waals surface area (Å²) in [5, 5.41) is 3.26. The van der Waals surface area contributed by atoms with Gasteiger partial charge >= 0.3 is 0 Å². The minimum atomic E-state index is -0.00509. The number of aryl methyl sites for hydroxylation is 1. The molecule has 5 nitrogen and oxygen atoms in total. The Balaban J connectivity index is 1.60. The van der Waals surface area contributed by atoms with Gasteiger partial charge in [0.15, 0.2) is 0 Å². The molecule has 0 saturated heterocycles. The van der Waals surface area contributed by atoms with Gasteiger partial charge in [-0.25, -0.2) is 4.98 Å². The molecule has 5 heteroatoms. The maximum Gasteiger partial charge on any atom is 0.251 e. The van der Waals surface area contributed by atoms with E-state index in [2.05, 4.69) is 23.7 Å². The minimum absolute atomic E-state index is 0.00509. The van der Waals surface area contributed by atoms with E-state index in [-0.39, 0.29) is 11.9 Å². The van der Waals surface area contributed by atoms with E-state index >= 15 is 0 Å². The highest BCUT2D eigenvalue weighted by Gasteiger charge is 2.28. The number of ether oxygens (including phenoxy) is 1. The molecular weight excluding hydrogens is 362 g/mol. The van der Waals surface area contributed by atoms with Crippen molar-refractivity contribution < 1.29 is 9.53 Å². The molecule has 1 aliphatic carbocycles. The maximum absolute atomic E-state index is 12.9. The van der Waals surface area contributed by atoms with E-state index in [0.29, 0.717) is 17.4 Å². The topological polar surface area (TPSA) is 56.2 Å². The van der Waals surface area contributed by atoms with E-state index in [1.165, 1.54) is 12.8 Å². The standard InChI is InChI=1S/C24H29N3O2/c1-15-6-5-7-21(16(15)2)26-24(28)18-8-13-23-22(14-18)25-17(3)27(23)19-9-11-20(29-4)12-10-19/h8-16,21H,5-7H2,1-4H3,(H,26,28)/t15-,16+,21-/m1/s1. The lowest BCUT2D eigenvalue weighted by atomic mass is 9.78. The van der Waals surface area contributed by atoms with Crippen LogP contribution in [0.5, 0.6) is 5.75 Å². The molecule has 0 bridgehead atoms. The first-order valence-corrected chi connectivity index (χ1v) is 10.4. The van der Waals surface area contributed by atoms with Gasteiger partial charge in [-0.3, -0.25) is 9.36 Å². The summed E-state index contributed by atoms with van der Waals surface area (Å²) >= 11 is 0. The third-order valence-corrected chi connectivity index (χ3v) is 6.44. The zero-order chi connectivity index (χ0) is 20.5. The van der Waals surface area contributed by atoms with Crippen molar-refractivity contribution in [3.05, 3.63) is 53.9 Å². The molecule has 1 heterocycles. The molecule has 1 N–H and O–H groups in total. The molecule has 29 heavy (non-hydrogen) atoms. The molecule has 0 radical (unpaired) electrons. The van der Waals surface area contributed by atoms with E-state index in [1.807, 2.05) is 49.4 Å². The third kappa shape index (κ3) is 3.74. The largest absolute Gasteiger partial charge is 0.497 e. The van der Waals surface area contributed by atoms with Gasteiger partial charge < -0.3 is 10.1 Å². The molecule has 1 fully saturated rings. The van der Waals surface area contributed by atoms with Gasteiger partial charge in [0, 0.05) is 17.3 Å². The highest BCUT2D eigenvalue weighted by atomic mass is 16.5. The zero-order valence-electron chi connectivity index (χ0n) is 17.6. The fourth-order valence-electron chi connectivity index (χ4n) is 4.44. The Morgan fingerprint density at radius 2 is 1.90 bits per heavy atom. The Hall–Kier alpha value is -2.82. The van der Waals surface area contributed by atoms with E-state index in [1.54, 1.807) is 7.11 Å². The second-order valence-electron chi connectivity index (χ2n) is 8.24. The number of benzene rings is 2. The first-order chi connectivity index (χ1) is 14.0. The monoisotopic (exact) mass is 391 g/mol. The van der Waals surface area contributed by atoms with Crippen LogP contribution in [0, 0.1) is 18.8 Å². The lowest BCUT2D eigenvalue weighted by Gasteiger charge is -2.34. The second-order valence-corrected chi connectivity index (χ2v) is 8.24. The van der Waals surface area contributed by atoms with Crippen molar-refractivity contribution in [2.24, 2.45) is 11.8 Å². The van der Waals surface area contributed by atoms with Gasteiger partial charge in [0.1, 0.15) is 11.6 Å². The number of nitrogens with zero attached hydrogens (tertiary/aromatic N) is 2. The van der Waals surface area contributed by atoms with Crippen LogP contribution in [0.15, 0.2) is 42.5 Å². The van der Waals surface area contributed by atoms with Gasteiger partial charge in [0.2, 0.25) is 0 Å². The van der Waals surface area contributed by atoms with Crippen molar-refractivity contribution in [1.82, 2.24) is 14.9 Å². The van der Waals surface area contributed by atoms with Gasteiger partial charge in [0.25, 0.3) is 5.91 Å². The normalized spacial score (nSPS) is 21.9. The molecule has 2 aromatic carbocycles. The summed E-state index contributed by atoms with van der Waals surface area (Å²) < 4.78 is 7.35. The molecule has 4 rings (SSSR count). The molecule has 1 aliphatic rings. The molecule has 0 spiro atoms. The van der Waals surface area contributed by atoms with Crippen LogP contribution in [0.3, 0.4) is 0 Å². The Morgan fingerprint density at radius 1 is 1.14 bits per heavy atom. The summed E-state index contributed by atoms with van der Waals surface area (Å²) in [4.78, 5) is 17.6. The molecule has 1 amide bonds. The number of nitrogens with one attached hydrogen (secondary N) is 1. The fourth-order valence-corrected chi connectivity index (χ4v) is 4.44. The van der Waals surface area contributed by atoms with Gasteiger partial charge in [-0.05, 0) is 67.6 Å². The van der Waals surface area contributed by atoms with Crippen molar-refractivity contribution in [3.63, 3.8) is 0 Å². The average molecular weight is 392 g/mol. The summed E-state index contributed by atoms with van der Waals surface area (Å²) in [5.41, 5.74) is 3.51. The van der Waals surface area contributed by atoms with Crippen molar-refractivity contribution in [3.8, 4) is 11.4 Å². The van der Waals surface area contributed by atoms with Crippen LogP contribution >= 0.6 is 0 Å². The number of hydrogen-bond acceptors (Lipinski definition) is 3. The lowest BCUT2D eigenvalue weighted by Crippen LogP contribution is -2.43. The predicted octanol–water partition coefficient (Wildman–Crippen LogP) is 4.90. The van der Waals surface area contributed by atoms with Crippen molar-refractivity contribution in [2.75, 3.05) is 7.11 Å². The molecule has 3 atom stereocenters. The second kappa shape index (κ2) is 7.90. The smallest absolute Gasteiger partial charge is 0.251 e. The maximum atomic E-state index is 12.9. The molecular formula is C24H29N3O2. The van der Waals surface area contributed by atoms with Crippen LogP contribution in [-0.2, 0) is 0 Å². The van der Waals surface area contributed by atoms with Crippen molar-refractivity contribution in [2.45, 2.75) is 46.1 Å². The highest BCUT2D eigenvalue weighted by Crippen LogP contribution is 2.30. The summed E-state index contributed by atoms with van der Waals surface area (Å²) in [5.74, 6) is 2.86. The molecule has 1 aromatic heterocycles. The SMILES string of the molecule is COc1ccc(-n2c(C)nc3cc(C(=O)N[C@@H]4CCC[C@@H](C)[C@@H]4C)ccc32)cc1. The van der Waals surface area contributed by atoms with Gasteiger partial charge in [-0.2, -0.15) is 0 Å². The Labute approximate surface area is 172 Å². The number of fused-ring (bicyclic) bond motifs is 1. The predicted molar refractivity (Wildman–Crippen MR) is 116 cm³/mol. The Morgan fingerprint density at radius 3 is 2.62 bits per heavy atom. The Bertz CT molecular complexity index is 1020.